The third kappa shape index (κ3) is 7.81. The topological polar surface area (TPSA) is 160 Å². The number of carbonyl (C=O) groups excluding carboxylic acids is 1. The number of hydrazine groups is 1. The molecule has 142 valence electrons. The first kappa shape index (κ1) is 21.2. The lowest BCUT2D eigenvalue weighted by Crippen LogP contribution is -2.37. The molecule has 0 aliphatic carbocycles. The van der Waals surface area contributed by atoms with E-state index in [-0.39, 0.29) is 25.7 Å². The average molecular weight is 367 g/mol. The number of ether oxygens (including phenoxy) is 3. The van der Waals surface area contributed by atoms with Crippen molar-refractivity contribution in [2.45, 2.75) is 13.2 Å². The fourth-order valence-corrected chi connectivity index (χ4v) is 1.77. The van der Waals surface area contributed by atoms with E-state index in [2.05, 4.69) is 10.0 Å². The van der Waals surface area contributed by atoms with Gasteiger partial charge in [0.15, 0.2) is 6.23 Å². The summed E-state index contributed by atoms with van der Waals surface area (Å²) in [6, 6.07) is 6.38. The minimum atomic E-state index is -1.09. The Labute approximate surface area is 149 Å². The predicted molar refractivity (Wildman–Crippen MR) is 90.2 cm³/mol. The van der Waals surface area contributed by atoms with Crippen molar-refractivity contribution < 1.29 is 28.9 Å². The maximum absolute atomic E-state index is 12.0. The minimum Gasteiger partial charge on any atom is -0.491 e. The lowest BCUT2D eigenvalue weighted by atomic mass is 10.2. The number of nitrogens with zero attached hydrogens (tertiary/aromatic N) is 4. The summed E-state index contributed by atoms with van der Waals surface area (Å²) >= 11 is 0. The molecule has 0 aromatic heterocycles. The van der Waals surface area contributed by atoms with Crippen molar-refractivity contribution >= 4 is 11.9 Å². The number of hydrogen-bond acceptors (Lipinski definition) is 7. The van der Waals surface area contributed by atoms with Crippen LogP contribution in [0, 0.1) is 0 Å². The molecule has 0 aliphatic heterocycles. The second kappa shape index (κ2) is 11.7. The van der Waals surface area contributed by atoms with E-state index in [1.165, 1.54) is 6.07 Å². The van der Waals surface area contributed by atoms with Gasteiger partial charge in [0.2, 0.25) is 0 Å². The number of amides is 1. The zero-order chi connectivity index (χ0) is 19.4. The van der Waals surface area contributed by atoms with Crippen LogP contribution in [0.4, 0.5) is 0 Å². The summed E-state index contributed by atoms with van der Waals surface area (Å²) in [4.78, 5) is 25.0. The zero-order valence-electron chi connectivity index (χ0n) is 14.3. The molecule has 1 aromatic rings. The Balaban J connectivity index is 2.54. The van der Waals surface area contributed by atoms with Gasteiger partial charge in [0.25, 0.3) is 5.91 Å². The van der Waals surface area contributed by atoms with Crippen LogP contribution < -0.4 is 10.6 Å². The third-order valence-corrected chi connectivity index (χ3v) is 3.02. The van der Waals surface area contributed by atoms with Crippen molar-refractivity contribution in [1.82, 2.24) is 5.01 Å². The Kier molecular flexibility index (Phi) is 9.50. The van der Waals surface area contributed by atoms with Crippen molar-refractivity contribution in [3.05, 3.63) is 40.3 Å². The smallest absolute Gasteiger partial charge is 0.329 e. The molecule has 1 amide bonds. The first-order valence-electron chi connectivity index (χ1n) is 7.72. The molecular formula is C15H21N5O6. The van der Waals surface area contributed by atoms with E-state index in [1.807, 2.05) is 0 Å². The van der Waals surface area contributed by atoms with Crippen molar-refractivity contribution in [3.63, 3.8) is 0 Å². The van der Waals surface area contributed by atoms with E-state index in [4.69, 9.17) is 30.7 Å². The molecule has 11 heteroatoms. The number of rotatable bonds is 12. The first-order valence-corrected chi connectivity index (χ1v) is 7.72. The van der Waals surface area contributed by atoms with Gasteiger partial charge in [-0.25, -0.2) is 10.6 Å². The number of azide groups is 1. The molecule has 0 aliphatic rings. The molecule has 0 spiro atoms. The molecule has 0 radical (unpaired) electrons. The Hall–Kier alpha value is -2.85. The summed E-state index contributed by atoms with van der Waals surface area (Å²) in [5, 5.41) is 12.9. The molecule has 3 N–H and O–H groups in total. The monoisotopic (exact) mass is 367 g/mol. The summed E-state index contributed by atoms with van der Waals surface area (Å²) < 4.78 is 15.6. The van der Waals surface area contributed by atoms with Crippen LogP contribution >= 0.6 is 0 Å². The van der Waals surface area contributed by atoms with E-state index in [9.17, 15) is 9.59 Å². The highest BCUT2D eigenvalue weighted by molar-refractivity contribution is 5.94. The Bertz CT molecular complexity index is 649. The normalized spacial score (nSPS) is 11.3. The van der Waals surface area contributed by atoms with Crippen molar-refractivity contribution in [2.75, 3.05) is 33.0 Å². The van der Waals surface area contributed by atoms with Crippen LogP contribution in [0.3, 0.4) is 0 Å². The van der Waals surface area contributed by atoms with Crippen LogP contribution in [0.5, 0.6) is 5.75 Å². The van der Waals surface area contributed by atoms with Crippen molar-refractivity contribution in [2.24, 2.45) is 11.0 Å². The number of carboxylic acid groups (broad SMARTS) is 1. The summed E-state index contributed by atoms with van der Waals surface area (Å²) in [6.07, 6.45) is -0.936. The van der Waals surface area contributed by atoms with Crippen molar-refractivity contribution in [1.29, 1.82) is 0 Å². The minimum absolute atomic E-state index is 0.0249. The number of nitrogens with two attached hydrogens (primary N) is 1. The van der Waals surface area contributed by atoms with Gasteiger partial charge >= 0.3 is 5.97 Å². The number of carboxylic acids is 1. The molecular weight excluding hydrogens is 346 g/mol. The Morgan fingerprint density at radius 2 is 2.19 bits per heavy atom. The molecule has 1 aromatic carbocycles. The highest BCUT2D eigenvalue weighted by Gasteiger charge is 2.13. The number of hydrogen-bond donors (Lipinski definition) is 2. The quantitative estimate of drug-likeness (QED) is 0.107. The number of carbonyl (C=O) groups is 2. The molecule has 0 saturated heterocycles. The molecule has 0 heterocycles. The maximum atomic E-state index is 12.0. The van der Waals surface area contributed by atoms with E-state index < -0.39 is 18.8 Å². The molecule has 26 heavy (non-hydrogen) atoms. The van der Waals surface area contributed by atoms with E-state index in [0.717, 1.165) is 5.01 Å². The summed E-state index contributed by atoms with van der Waals surface area (Å²) in [5.74, 6) is 4.52. The largest absolute Gasteiger partial charge is 0.491 e. The van der Waals surface area contributed by atoms with Crippen LogP contribution in [0.1, 0.15) is 17.3 Å². The van der Waals surface area contributed by atoms with E-state index in [0.29, 0.717) is 17.9 Å². The lowest BCUT2D eigenvalue weighted by Gasteiger charge is -2.16. The molecule has 1 unspecified atom stereocenters. The fraction of sp³-hybridized carbons (Fsp3) is 0.467. The van der Waals surface area contributed by atoms with Crippen LogP contribution in [0.15, 0.2) is 29.4 Å². The van der Waals surface area contributed by atoms with Gasteiger partial charge in [-0.2, -0.15) is 0 Å². The second-order valence-corrected chi connectivity index (χ2v) is 4.91. The lowest BCUT2D eigenvalue weighted by molar-refractivity contribution is -0.143. The van der Waals surface area contributed by atoms with E-state index >= 15 is 0 Å². The van der Waals surface area contributed by atoms with Crippen molar-refractivity contribution in [3.8, 4) is 5.75 Å². The summed E-state index contributed by atoms with van der Waals surface area (Å²) in [5.41, 5.74) is 8.92. The molecule has 1 rings (SSSR count). The maximum Gasteiger partial charge on any atom is 0.329 e. The van der Waals surface area contributed by atoms with Gasteiger partial charge in [-0.3, -0.25) is 9.80 Å². The summed E-state index contributed by atoms with van der Waals surface area (Å²) in [6.45, 7) is 1.62. The molecule has 11 nitrogen and oxygen atoms in total. The van der Waals surface area contributed by atoms with Crippen LogP contribution in [-0.2, 0) is 14.3 Å². The van der Waals surface area contributed by atoms with Crippen LogP contribution in [-0.4, -0.2) is 61.2 Å². The molecule has 1 atom stereocenters. The predicted octanol–water partition coefficient (Wildman–Crippen LogP) is 1.16. The Morgan fingerprint density at radius 3 is 2.85 bits per heavy atom. The van der Waals surface area contributed by atoms with Gasteiger partial charge in [-0.15, -0.1) is 0 Å². The van der Waals surface area contributed by atoms with Gasteiger partial charge in [0.05, 0.1) is 13.2 Å². The van der Waals surface area contributed by atoms with Gasteiger partial charge in [0, 0.05) is 17.0 Å². The highest BCUT2D eigenvalue weighted by Crippen LogP contribution is 2.15. The Morgan fingerprint density at radius 1 is 1.42 bits per heavy atom. The van der Waals surface area contributed by atoms with Gasteiger partial charge in [0.1, 0.15) is 19.0 Å². The third-order valence-electron chi connectivity index (χ3n) is 3.02. The number of benzene rings is 1. The number of aliphatic carboxylic acids is 1. The standard InChI is InChI=1S/C15H21N5O6/c1-2-20(17)15(23)11-4-3-5-12(8-11)26-9-13(18-19-16)25-7-6-24-10-14(21)22/h3-5,8,13H,2,6-7,9-10,17H2,1H3,(H,21,22). The first-order chi connectivity index (χ1) is 12.5. The molecule has 0 bridgehead atoms. The van der Waals surface area contributed by atoms with Crippen LogP contribution in [0.2, 0.25) is 0 Å². The highest BCUT2D eigenvalue weighted by atomic mass is 16.6. The average Bonchev–Trinajstić information content (AvgIpc) is 2.64. The second-order valence-electron chi connectivity index (χ2n) is 4.91. The summed E-state index contributed by atoms with van der Waals surface area (Å²) in [7, 11) is 0. The van der Waals surface area contributed by atoms with E-state index in [1.54, 1.807) is 25.1 Å². The van der Waals surface area contributed by atoms with Crippen LogP contribution in [0.25, 0.3) is 10.4 Å². The van der Waals surface area contributed by atoms with Gasteiger partial charge in [-0.1, -0.05) is 11.2 Å². The van der Waals surface area contributed by atoms with Gasteiger partial charge < -0.3 is 19.3 Å². The van der Waals surface area contributed by atoms with Gasteiger partial charge in [-0.05, 0) is 30.7 Å². The SMILES string of the molecule is CCN(N)C(=O)c1cccc(OCC(N=[N+]=[N-])OCCOCC(=O)O)c1. The fourth-order valence-electron chi connectivity index (χ4n) is 1.77. The molecule has 0 fully saturated rings. The molecule has 0 saturated carbocycles. The zero-order valence-corrected chi connectivity index (χ0v) is 14.3.